The van der Waals surface area contributed by atoms with E-state index in [1.807, 2.05) is 0 Å². The van der Waals surface area contributed by atoms with Crippen molar-refractivity contribution in [2.45, 2.75) is 32.6 Å². The number of hydrogen-bond acceptors (Lipinski definition) is 1. The molecule has 0 spiro atoms. The van der Waals surface area contributed by atoms with Crippen molar-refractivity contribution in [2.24, 2.45) is 0 Å². The normalized spacial score (nSPS) is 10.0. The average molecular weight is 130 g/mol. The van der Waals surface area contributed by atoms with E-state index in [9.17, 15) is 0 Å². The van der Waals surface area contributed by atoms with Crippen LogP contribution in [0, 0.1) is 0 Å². The van der Waals surface area contributed by atoms with Crippen LogP contribution in [0.4, 0.5) is 0 Å². The highest BCUT2D eigenvalue weighted by Gasteiger charge is 1.85. The first-order valence-electron chi connectivity index (χ1n) is 3.64. The van der Waals surface area contributed by atoms with Gasteiger partial charge in [-0.05, 0) is 6.42 Å². The van der Waals surface area contributed by atoms with E-state index in [0.29, 0.717) is 0 Å². The first kappa shape index (κ1) is 8.92. The molecule has 0 rings (SSSR count). The Morgan fingerprint density at radius 3 is 2.56 bits per heavy atom. The molecule has 0 bridgehead atoms. The van der Waals surface area contributed by atoms with Crippen LogP contribution < -0.4 is 5.73 Å². The Kier molecular flexibility index (Phi) is 7.85. The second-order valence-corrected chi connectivity index (χ2v) is 2.11. The quantitative estimate of drug-likeness (QED) is 0.505. The number of nitrogens with one attached hydrogen (secondary N) is 1. The fourth-order valence-electron chi connectivity index (χ4n) is 0.703. The number of hydrogen-bond donors (Lipinski definition) is 0. The van der Waals surface area contributed by atoms with Gasteiger partial charge in [0.1, 0.15) is 6.73 Å². The average Bonchev–Trinajstić information content (AvgIpc) is 1.89. The van der Waals surface area contributed by atoms with Crippen LogP contribution in [0.15, 0.2) is 0 Å². The van der Waals surface area contributed by atoms with Gasteiger partial charge in [0, 0.05) is 6.61 Å². The van der Waals surface area contributed by atoms with E-state index in [4.69, 9.17) is 10.5 Å². The molecule has 0 aliphatic carbocycles. The third-order valence-corrected chi connectivity index (χ3v) is 1.24. The standard InChI is InChI=1S/C7H16NO/c1-2-3-4-5-6-9-7-8/h8H,2-7H2,1H3. The van der Waals surface area contributed by atoms with Crippen LogP contribution in [0.2, 0.25) is 0 Å². The fourth-order valence-corrected chi connectivity index (χ4v) is 0.703. The van der Waals surface area contributed by atoms with Crippen molar-refractivity contribution in [3.05, 3.63) is 0 Å². The molecule has 1 radical (unpaired) electrons. The topological polar surface area (TPSA) is 33.0 Å². The molecule has 0 aromatic rings. The fraction of sp³-hybridized carbons (Fsp3) is 1.00. The van der Waals surface area contributed by atoms with E-state index in [-0.39, 0.29) is 6.73 Å². The van der Waals surface area contributed by atoms with Crippen molar-refractivity contribution < 1.29 is 4.74 Å². The second kappa shape index (κ2) is 7.92. The van der Waals surface area contributed by atoms with Crippen LogP contribution >= 0.6 is 0 Å². The maximum absolute atomic E-state index is 6.66. The number of ether oxygens (including phenoxy) is 1. The van der Waals surface area contributed by atoms with Crippen molar-refractivity contribution in [2.75, 3.05) is 13.3 Å². The summed E-state index contributed by atoms with van der Waals surface area (Å²) in [4.78, 5) is 0. The molecule has 0 heterocycles. The summed E-state index contributed by atoms with van der Waals surface area (Å²) < 4.78 is 4.85. The summed E-state index contributed by atoms with van der Waals surface area (Å²) in [5, 5.41) is 0. The zero-order valence-electron chi connectivity index (χ0n) is 6.15. The highest BCUT2D eigenvalue weighted by Crippen LogP contribution is 1.97. The lowest BCUT2D eigenvalue weighted by molar-refractivity contribution is 0.132. The monoisotopic (exact) mass is 130 g/mol. The minimum absolute atomic E-state index is 0.117. The molecule has 0 aliphatic heterocycles. The maximum atomic E-state index is 6.66. The van der Waals surface area contributed by atoms with Gasteiger partial charge in [-0.1, -0.05) is 26.2 Å². The van der Waals surface area contributed by atoms with Crippen LogP contribution in [-0.2, 0) is 4.74 Å². The zero-order chi connectivity index (χ0) is 6.95. The predicted molar refractivity (Wildman–Crippen MR) is 38.1 cm³/mol. The van der Waals surface area contributed by atoms with E-state index >= 15 is 0 Å². The number of rotatable bonds is 6. The highest BCUT2D eigenvalue weighted by molar-refractivity contribution is 4.37. The van der Waals surface area contributed by atoms with E-state index in [1.165, 1.54) is 19.3 Å². The van der Waals surface area contributed by atoms with Crippen molar-refractivity contribution >= 4 is 0 Å². The van der Waals surface area contributed by atoms with E-state index in [1.54, 1.807) is 0 Å². The Morgan fingerprint density at radius 1 is 1.22 bits per heavy atom. The Labute approximate surface area is 57.4 Å². The maximum Gasteiger partial charge on any atom is 0.109 e. The largest absolute Gasteiger partial charge is 0.365 e. The predicted octanol–water partition coefficient (Wildman–Crippen LogP) is 1.82. The summed E-state index contributed by atoms with van der Waals surface area (Å²) in [6.45, 7) is 3.07. The van der Waals surface area contributed by atoms with Crippen LogP contribution in [0.3, 0.4) is 0 Å². The van der Waals surface area contributed by atoms with Gasteiger partial charge in [0.05, 0.1) is 0 Å². The summed E-state index contributed by atoms with van der Waals surface area (Å²) in [5.74, 6) is 0. The molecule has 0 unspecified atom stereocenters. The van der Waals surface area contributed by atoms with E-state index in [0.717, 1.165) is 13.0 Å². The van der Waals surface area contributed by atoms with Gasteiger partial charge in [0.25, 0.3) is 0 Å². The van der Waals surface area contributed by atoms with Gasteiger partial charge >= 0.3 is 0 Å². The van der Waals surface area contributed by atoms with Gasteiger partial charge in [0.15, 0.2) is 0 Å². The molecular formula is C7H16NO. The molecule has 0 atom stereocenters. The first-order valence-corrected chi connectivity index (χ1v) is 3.64. The van der Waals surface area contributed by atoms with Crippen LogP contribution in [0.5, 0.6) is 0 Å². The Bertz CT molecular complexity index is 42.2. The van der Waals surface area contributed by atoms with Crippen LogP contribution in [-0.4, -0.2) is 13.3 Å². The molecular weight excluding hydrogens is 114 g/mol. The van der Waals surface area contributed by atoms with Gasteiger partial charge in [-0.2, -0.15) is 0 Å². The molecule has 0 saturated carbocycles. The second-order valence-electron chi connectivity index (χ2n) is 2.11. The summed E-state index contributed by atoms with van der Waals surface area (Å²) in [7, 11) is 0. The van der Waals surface area contributed by atoms with Crippen molar-refractivity contribution in [1.82, 2.24) is 5.73 Å². The minimum Gasteiger partial charge on any atom is -0.365 e. The summed E-state index contributed by atoms with van der Waals surface area (Å²) in [6.07, 6.45) is 4.92. The van der Waals surface area contributed by atoms with E-state index in [2.05, 4.69) is 6.92 Å². The molecule has 0 amide bonds. The Morgan fingerprint density at radius 2 is 2.00 bits per heavy atom. The lowest BCUT2D eigenvalue weighted by Crippen LogP contribution is -1.96. The molecule has 2 heteroatoms. The molecule has 0 fully saturated rings. The Hall–Kier alpha value is -0.0800. The highest BCUT2D eigenvalue weighted by atomic mass is 16.5. The van der Waals surface area contributed by atoms with Crippen LogP contribution in [0.1, 0.15) is 32.6 Å². The molecule has 9 heavy (non-hydrogen) atoms. The van der Waals surface area contributed by atoms with Gasteiger partial charge in [-0.15, -0.1) is 0 Å². The SMILES string of the molecule is CCCCCCOC[NH]. The third kappa shape index (κ3) is 7.92. The van der Waals surface area contributed by atoms with Gasteiger partial charge in [-0.25, -0.2) is 5.73 Å². The molecule has 55 valence electrons. The van der Waals surface area contributed by atoms with Crippen molar-refractivity contribution in [3.8, 4) is 0 Å². The van der Waals surface area contributed by atoms with Gasteiger partial charge < -0.3 is 4.74 Å². The Balaban J connectivity index is 2.60. The third-order valence-electron chi connectivity index (χ3n) is 1.24. The van der Waals surface area contributed by atoms with Crippen LogP contribution in [0.25, 0.3) is 0 Å². The molecule has 1 N–H and O–H groups in total. The lowest BCUT2D eigenvalue weighted by atomic mass is 10.2. The van der Waals surface area contributed by atoms with Crippen molar-refractivity contribution in [1.29, 1.82) is 0 Å². The van der Waals surface area contributed by atoms with Gasteiger partial charge in [-0.3, -0.25) is 0 Å². The zero-order valence-corrected chi connectivity index (χ0v) is 6.15. The minimum atomic E-state index is 0.117. The summed E-state index contributed by atoms with van der Waals surface area (Å²) in [5.41, 5.74) is 6.66. The smallest absolute Gasteiger partial charge is 0.109 e. The van der Waals surface area contributed by atoms with Gasteiger partial charge in [0.2, 0.25) is 0 Å². The molecule has 0 aromatic carbocycles. The summed E-state index contributed by atoms with van der Waals surface area (Å²) in [6, 6.07) is 0. The first-order chi connectivity index (χ1) is 4.41. The molecule has 0 aromatic heterocycles. The van der Waals surface area contributed by atoms with Crippen molar-refractivity contribution in [3.63, 3.8) is 0 Å². The number of unbranched alkanes of at least 4 members (excludes halogenated alkanes) is 3. The molecule has 0 aliphatic rings. The molecule has 0 saturated heterocycles. The van der Waals surface area contributed by atoms with E-state index < -0.39 is 0 Å². The molecule has 2 nitrogen and oxygen atoms in total. The summed E-state index contributed by atoms with van der Waals surface area (Å²) >= 11 is 0. The lowest BCUT2D eigenvalue weighted by Gasteiger charge is -1.97.